The van der Waals surface area contributed by atoms with Crippen molar-refractivity contribution in [1.82, 2.24) is 10.3 Å². The molecule has 2 nitrogen and oxygen atoms in total. The third kappa shape index (κ3) is 3.37. The highest BCUT2D eigenvalue weighted by Gasteiger charge is 2.11. The standard InChI is InChI=1S/C13H15BrN2S/c1-9-3-4-10(8-16-9)12(15-2)7-11-5-6-13(14)17-11/h3-6,8,12,15H,7H2,1-2H3. The van der Waals surface area contributed by atoms with E-state index in [1.807, 2.05) is 20.2 Å². The Bertz CT molecular complexity index is 478. The summed E-state index contributed by atoms with van der Waals surface area (Å²) in [5.41, 5.74) is 2.30. The largest absolute Gasteiger partial charge is 0.313 e. The van der Waals surface area contributed by atoms with Crippen molar-refractivity contribution in [3.63, 3.8) is 0 Å². The van der Waals surface area contributed by atoms with Gasteiger partial charge in [0.1, 0.15) is 0 Å². The van der Waals surface area contributed by atoms with Crippen LogP contribution in [0, 0.1) is 6.92 Å². The van der Waals surface area contributed by atoms with E-state index in [0.717, 1.165) is 12.1 Å². The van der Waals surface area contributed by atoms with Crippen molar-refractivity contribution in [3.05, 3.63) is 50.4 Å². The molecule has 0 spiro atoms. The number of nitrogens with one attached hydrogen (secondary N) is 1. The number of halogens is 1. The molecule has 2 aromatic heterocycles. The minimum atomic E-state index is 0.327. The van der Waals surface area contributed by atoms with E-state index in [4.69, 9.17) is 0 Å². The molecule has 0 aromatic carbocycles. The molecule has 0 radical (unpaired) electrons. The molecule has 2 rings (SSSR count). The summed E-state index contributed by atoms with van der Waals surface area (Å²) in [5.74, 6) is 0. The fourth-order valence-electron chi connectivity index (χ4n) is 1.73. The van der Waals surface area contributed by atoms with Gasteiger partial charge in [0.05, 0.1) is 3.79 Å². The van der Waals surface area contributed by atoms with Crippen LogP contribution >= 0.6 is 27.3 Å². The van der Waals surface area contributed by atoms with E-state index < -0.39 is 0 Å². The van der Waals surface area contributed by atoms with Crippen LogP contribution < -0.4 is 5.32 Å². The Morgan fingerprint density at radius 1 is 1.35 bits per heavy atom. The zero-order valence-corrected chi connectivity index (χ0v) is 12.3. The third-order valence-electron chi connectivity index (χ3n) is 2.72. The van der Waals surface area contributed by atoms with Crippen molar-refractivity contribution >= 4 is 27.3 Å². The molecule has 2 aromatic rings. The van der Waals surface area contributed by atoms with E-state index in [1.54, 1.807) is 11.3 Å². The van der Waals surface area contributed by atoms with Gasteiger partial charge in [0.25, 0.3) is 0 Å². The van der Waals surface area contributed by atoms with Crippen molar-refractivity contribution < 1.29 is 0 Å². The SMILES string of the molecule is CNC(Cc1ccc(Br)s1)c1ccc(C)nc1. The van der Waals surface area contributed by atoms with Crippen molar-refractivity contribution in [2.45, 2.75) is 19.4 Å². The number of likely N-dealkylation sites (N-methyl/N-ethyl adjacent to an activating group) is 1. The van der Waals surface area contributed by atoms with Crippen LogP contribution in [0.15, 0.2) is 34.2 Å². The third-order valence-corrected chi connectivity index (χ3v) is 4.37. The van der Waals surface area contributed by atoms with Gasteiger partial charge in [-0.3, -0.25) is 4.98 Å². The lowest BCUT2D eigenvalue weighted by atomic mass is 10.0. The second kappa shape index (κ2) is 5.76. The zero-order chi connectivity index (χ0) is 12.3. The predicted octanol–water partition coefficient (Wildman–Crippen LogP) is 3.72. The van der Waals surface area contributed by atoms with Gasteiger partial charge in [-0.15, -0.1) is 11.3 Å². The summed E-state index contributed by atoms with van der Waals surface area (Å²) in [7, 11) is 1.99. The van der Waals surface area contributed by atoms with Gasteiger partial charge in [-0.25, -0.2) is 0 Å². The highest BCUT2D eigenvalue weighted by atomic mass is 79.9. The summed E-state index contributed by atoms with van der Waals surface area (Å²) in [6.07, 6.45) is 2.96. The number of rotatable bonds is 4. The Morgan fingerprint density at radius 3 is 2.71 bits per heavy atom. The van der Waals surface area contributed by atoms with Crippen LogP contribution in [0.25, 0.3) is 0 Å². The molecule has 1 atom stereocenters. The zero-order valence-electron chi connectivity index (χ0n) is 9.90. The van der Waals surface area contributed by atoms with Crippen LogP contribution in [0.5, 0.6) is 0 Å². The molecule has 0 fully saturated rings. The number of aryl methyl sites for hydroxylation is 1. The molecule has 1 N–H and O–H groups in total. The second-order valence-corrected chi connectivity index (χ2v) is 6.53. The quantitative estimate of drug-likeness (QED) is 0.931. The number of hydrogen-bond donors (Lipinski definition) is 1. The molecule has 90 valence electrons. The predicted molar refractivity (Wildman–Crippen MR) is 76.5 cm³/mol. The number of thiophene rings is 1. The van der Waals surface area contributed by atoms with Gasteiger partial charge < -0.3 is 5.32 Å². The van der Waals surface area contributed by atoms with Crippen LogP contribution in [0.4, 0.5) is 0 Å². The normalized spacial score (nSPS) is 12.6. The average molecular weight is 311 g/mol. The Morgan fingerprint density at radius 2 is 2.18 bits per heavy atom. The van der Waals surface area contributed by atoms with Gasteiger partial charge >= 0.3 is 0 Å². The van der Waals surface area contributed by atoms with E-state index in [9.17, 15) is 0 Å². The Hall–Kier alpha value is -0.710. The number of hydrogen-bond acceptors (Lipinski definition) is 3. The van der Waals surface area contributed by atoms with E-state index in [2.05, 4.69) is 50.5 Å². The lowest BCUT2D eigenvalue weighted by Crippen LogP contribution is -2.18. The topological polar surface area (TPSA) is 24.9 Å². The molecule has 0 bridgehead atoms. The molecule has 0 saturated heterocycles. The van der Waals surface area contributed by atoms with Crippen LogP contribution in [0.3, 0.4) is 0 Å². The molecule has 0 aliphatic rings. The monoisotopic (exact) mass is 310 g/mol. The van der Waals surface area contributed by atoms with Gasteiger partial charge in [0.15, 0.2) is 0 Å². The van der Waals surface area contributed by atoms with Crippen LogP contribution in [0.1, 0.15) is 22.2 Å². The molecule has 0 saturated carbocycles. The first kappa shape index (κ1) is 12.7. The smallest absolute Gasteiger partial charge is 0.0701 e. The minimum Gasteiger partial charge on any atom is -0.313 e. The summed E-state index contributed by atoms with van der Waals surface area (Å²) in [5, 5.41) is 3.35. The molecule has 0 aliphatic carbocycles. The average Bonchev–Trinajstić information content (AvgIpc) is 2.73. The maximum Gasteiger partial charge on any atom is 0.0701 e. The summed E-state index contributed by atoms with van der Waals surface area (Å²) in [4.78, 5) is 5.72. The van der Waals surface area contributed by atoms with Gasteiger partial charge in [0.2, 0.25) is 0 Å². The van der Waals surface area contributed by atoms with Crippen LogP contribution in [0.2, 0.25) is 0 Å². The van der Waals surface area contributed by atoms with E-state index in [-0.39, 0.29) is 0 Å². The van der Waals surface area contributed by atoms with Gasteiger partial charge in [0, 0.05) is 29.2 Å². The summed E-state index contributed by atoms with van der Waals surface area (Å²) in [6.45, 7) is 2.01. The molecular formula is C13H15BrN2S. The van der Waals surface area contributed by atoms with E-state index in [1.165, 1.54) is 14.2 Å². The van der Waals surface area contributed by atoms with Crippen molar-refractivity contribution in [2.24, 2.45) is 0 Å². The fraction of sp³-hybridized carbons (Fsp3) is 0.308. The highest BCUT2D eigenvalue weighted by molar-refractivity contribution is 9.11. The number of pyridine rings is 1. The summed E-state index contributed by atoms with van der Waals surface area (Å²) < 4.78 is 1.18. The fourth-order valence-corrected chi connectivity index (χ4v) is 3.26. The summed E-state index contributed by atoms with van der Waals surface area (Å²) >= 11 is 5.28. The first-order chi connectivity index (χ1) is 8.19. The Balaban J connectivity index is 2.13. The molecule has 0 amide bonds. The lowest BCUT2D eigenvalue weighted by molar-refractivity contribution is 0.594. The lowest BCUT2D eigenvalue weighted by Gasteiger charge is -2.15. The molecule has 4 heteroatoms. The second-order valence-electron chi connectivity index (χ2n) is 3.98. The Kier molecular flexibility index (Phi) is 4.31. The molecular weight excluding hydrogens is 296 g/mol. The maximum atomic E-state index is 4.35. The van der Waals surface area contributed by atoms with Crippen molar-refractivity contribution in [2.75, 3.05) is 7.05 Å². The van der Waals surface area contributed by atoms with Crippen LogP contribution in [-0.4, -0.2) is 12.0 Å². The van der Waals surface area contributed by atoms with Crippen molar-refractivity contribution in [3.8, 4) is 0 Å². The first-order valence-electron chi connectivity index (χ1n) is 5.53. The number of nitrogens with zero attached hydrogens (tertiary/aromatic N) is 1. The molecule has 17 heavy (non-hydrogen) atoms. The van der Waals surface area contributed by atoms with Gasteiger partial charge in [-0.05, 0) is 53.7 Å². The van der Waals surface area contributed by atoms with Crippen molar-refractivity contribution in [1.29, 1.82) is 0 Å². The highest BCUT2D eigenvalue weighted by Crippen LogP contribution is 2.26. The minimum absolute atomic E-state index is 0.327. The maximum absolute atomic E-state index is 4.35. The molecule has 2 heterocycles. The number of aromatic nitrogens is 1. The first-order valence-corrected chi connectivity index (χ1v) is 7.14. The van der Waals surface area contributed by atoms with E-state index >= 15 is 0 Å². The molecule has 0 aliphatic heterocycles. The van der Waals surface area contributed by atoms with Gasteiger partial charge in [-0.1, -0.05) is 6.07 Å². The van der Waals surface area contributed by atoms with E-state index in [0.29, 0.717) is 6.04 Å². The Labute approximate surface area is 114 Å². The van der Waals surface area contributed by atoms with Crippen LogP contribution in [-0.2, 0) is 6.42 Å². The summed E-state index contributed by atoms with van der Waals surface area (Å²) in [6, 6.07) is 8.80. The molecule has 1 unspecified atom stereocenters. The van der Waals surface area contributed by atoms with Gasteiger partial charge in [-0.2, -0.15) is 0 Å².